The van der Waals surface area contributed by atoms with E-state index in [1.165, 1.54) is 22.0 Å². The molecule has 146 valence electrons. The van der Waals surface area contributed by atoms with E-state index in [4.69, 9.17) is 5.10 Å². The monoisotopic (exact) mass is 376 g/mol. The highest BCUT2D eigenvalue weighted by atomic mass is 15.3. The van der Waals surface area contributed by atoms with Gasteiger partial charge in [-0.05, 0) is 43.7 Å². The third-order valence-corrected chi connectivity index (χ3v) is 5.37. The van der Waals surface area contributed by atoms with Crippen molar-refractivity contribution in [3.63, 3.8) is 0 Å². The predicted octanol–water partition coefficient (Wildman–Crippen LogP) is 3.23. The summed E-state index contributed by atoms with van der Waals surface area (Å²) in [5, 5.41) is 14.1. The Balaban J connectivity index is 1.40. The highest BCUT2D eigenvalue weighted by Crippen LogP contribution is 2.22. The highest BCUT2D eigenvalue weighted by molar-refractivity contribution is 5.85. The molecular weight excluding hydrogens is 348 g/mol. The van der Waals surface area contributed by atoms with Crippen molar-refractivity contribution in [1.82, 2.24) is 25.4 Å². The van der Waals surface area contributed by atoms with Gasteiger partial charge in [0.1, 0.15) is 0 Å². The number of fused-ring (bicyclic) bond motifs is 2. The van der Waals surface area contributed by atoms with Crippen molar-refractivity contribution in [1.29, 1.82) is 0 Å². The molecule has 0 spiro atoms. The Hall–Kier alpha value is -2.89. The number of hydrogen-bond acceptors (Lipinski definition) is 3. The van der Waals surface area contributed by atoms with Crippen LogP contribution < -0.4 is 10.6 Å². The van der Waals surface area contributed by atoms with Crippen molar-refractivity contribution in [2.75, 3.05) is 7.05 Å². The second-order valence-electron chi connectivity index (χ2n) is 7.66. The van der Waals surface area contributed by atoms with Crippen molar-refractivity contribution in [3.05, 3.63) is 59.7 Å². The van der Waals surface area contributed by atoms with E-state index in [0.29, 0.717) is 18.6 Å². The number of aryl methyl sites for hydroxylation is 1. The van der Waals surface area contributed by atoms with Crippen LogP contribution in [0.3, 0.4) is 0 Å². The van der Waals surface area contributed by atoms with Crippen LogP contribution >= 0.6 is 0 Å². The maximum atomic E-state index is 4.77. The Morgan fingerprint density at radius 3 is 2.96 bits per heavy atom. The minimum Gasteiger partial charge on any atom is -0.353 e. The lowest BCUT2D eigenvalue weighted by Crippen LogP contribution is -2.45. The van der Waals surface area contributed by atoms with Crippen molar-refractivity contribution < 1.29 is 0 Å². The molecule has 6 nitrogen and oxygen atoms in total. The van der Waals surface area contributed by atoms with Gasteiger partial charge in [0, 0.05) is 43.3 Å². The molecule has 0 bridgehead atoms. The molecule has 1 aromatic carbocycles. The lowest BCUT2D eigenvalue weighted by atomic mass is 9.94. The molecule has 0 radical (unpaired) electrons. The third kappa shape index (κ3) is 3.86. The molecule has 4 rings (SSSR count). The SMILES string of the molecule is CN=C(NCc1nccc2ccccc12)NC1CCc2cn(C(C)C)nc2C1. The lowest BCUT2D eigenvalue weighted by Gasteiger charge is -2.24. The molecular formula is C22H28N6. The summed E-state index contributed by atoms with van der Waals surface area (Å²) in [5.41, 5.74) is 3.63. The quantitative estimate of drug-likeness (QED) is 0.542. The number of benzene rings is 1. The fraction of sp³-hybridized carbons (Fsp3) is 0.409. The number of aromatic nitrogens is 3. The van der Waals surface area contributed by atoms with Crippen LogP contribution in [0, 0.1) is 0 Å². The molecule has 1 aliphatic rings. The van der Waals surface area contributed by atoms with Gasteiger partial charge in [-0.2, -0.15) is 5.10 Å². The molecule has 0 saturated carbocycles. The lowest BCUT2D eigenvalue weighted by molar-refractivity contribution is 0.499. The van der Waals surface area contributed by atoms with Gasteiger partial charge >= 0.3 is 0 Å². The van der Waals surface area contributed by atoms with Gasteiger partial charge in [0.15, 0.2) is 5.96 Å². The summed E-state index contributed by atoms with van der Waals surface area (Å²) in [6.07, 6.45) is 7.15. The summed E-state index contributed by atoms with van der Waals surface area (Å²) in [4.78, 5) is 8.96. The number of guanidine groups is 1. The van der Waals surface area contributed by atoms with E-state index in [1.807, 2.05) is 19.3 Å². The molecule has 28 heavy (non-hydrogen) atoms. The van der Waals surface area contributed by atoms with Gasteiger partial charge in [-0.1, -0.05) is 24.3 Å². The van der Waals surface area contributed by atoms with Gasteiger partial charge in [-0.25, -0.2) is 0 Å². The third-order valence-electron chi connectivity index (χ3n) is 5.37. The number of rotatable bonds is 4. The van der Waals surface area contributed by atoms with Gasteiger partial charge in [-0.15, -0.1) is 0 Å². The molecule has 2 heterocycles. The largest absolute Gasteiger partial charge is 0.353 e. The standard InChI is InChI=1S/C22H28N6/c1-15(2)28-14-17-8-9-18(12-20(17)27-28)26-22(23-3)25-13-21-19-7-5-4-6-16(19)10-11-24-21/h4-7,10-11,14-15,18H,8-9,12-13H2,1-3H3,(H2,23,25,26). The summed E-state index contributed by atoms with van der Waals surface area (Å²) in [7, 11) is 1.81. The predicted molar refractivity (Wildman–Crippen MR) is 114 cm³/mol. The van der Waals surface area contributed by atoms with E-state index in [9.17, 15) is 0 Å². The van der Waals surface area contributed by atoms with Crippen molar-refractivity contribution >= 4 is 16.7 Å². The molecule has 1 atom stereocenters. The van der Waals surface area contributed by atoms with Crippen LogP contribution in [0.2, 0.25) is 0 Å². The van der Waals surface area contributed by atoms with Crippen LogP contribution in [0.1, 0.15) is 43.3 Å². The molecule has 6 heteroatoms. The average Bonchev–Trinajstić information content (AvgIpc) is 3.15. The van der Waals surface area contributed by atoms with Gasteiger partial charge < -0.3 is 10.6 Å². The first-order valence-electron chi connectivity index (χ1n) is 10.0. The molecule has 2 N–H and O–H groups in total. The average molecular weight is 377 g/mol. The maximum absolute atomic E-state index is 4.77. The first-order chi connectivity index (χ1) is 13.6. The molecule has 0 amide bonds. The summed E-state index contributed by atoms with van der Waals surface area (Å²) >= 11 is 0. The maximum Gasteiger partial charge on any atom is 0.191 e. The van der Waals surface area contributed by atoms with Crippen LogP contribution in [0.25, 0.3) is 10.8 Å². The summed E-state index contributed by atoms with van der Waals surface area (Å²) in [5.74, 6) is 0.812. The first kappa shape index (κ1) is 18.5. The number of nitrogens with zero attached hydrogens (tertiary/aromatic N) is 4. The van der Waals surface area contributed by atoms with E-state index in [2.05, 4.69) is 69.6 Å². The summed E-state index contributed by atoms with van der Waals surface area (Å²) < 4.78 is 2.08. The van der Waals surface area contributed by atoms with Crippen LogP contribution in [-0.2, 0) is 19.4 Å². The van der Waals surface area contributed by atoms with Crippen molar-refractivity contribution in [2.45, 2.75) is 51.7 Å². The highest BCUT2D eigenvalue weighted by Gasteiger charge is 2.23. The molecule has 0 fully saturated rings. The zero-order chi connectivity index (χ0) is 19.5. The Kier molecular flexibility index (Phi) is 5.28. The van der Waals surface area contributed by atoms with Crippen molar-refractivity contribution in [2.24, 2.45) is 4.99 Å². The fourth-order valence-corrected chi connectivity index (χ4v) is 3.78. The van der Waals surface area contributed by atoms with Gasteiger partial charge in [0.05, 0.1) is 17.9 Å². The van der Waals surface area contributed by atoms with E-state index >= 15 is 0 Å². The number of nitrogens with one attached hydrogen (secondary N) is 2. The van der Waals surface area contributed by atoms with Gasteiger partial charge in [-0.3, -0.25) is 14.7 Å². The number of pyridine rings is 1. The fourth-order valence-electron chi connectivity index (χ4n) is 3.78. The van der Waals surface area contributed by atoms with Crippen LogP contribution in [-0.4, -0.2) is 33.8 Å². The minimum atomic E-state index is 0.342. The molecule has 2 aromatic heterocycles. The van der Waals surface area contributed by atoms with Gasteiger partial charge in [0.2, 0.25) is 0 Å². The second-order valence-corrected chi connectivity index (χ2v) is 7.66. The Morgan fingerprint density at radius 2 is 2.14 bits per heavy atom. The molecule has 0 saturated heterocycles. The summed E-state index contributed by atoms with van der Waals surface area (Å²) in [6, 6.07) is 11.1. The smallest absolute Gasteiger partial charge is 0.191 e. The minimum absolute atomic E-state index is 0.342. The summed E-state index contributed by atoms with van der Waals surface area (Å²) in [6.45, 7) is 4.98. The van der Waals surface area contributed by atoms with Crippen LogP contribution in [0.15, 0.2) is 47.7 Å². The topological polar surface area (TPSA) is 67.1 Å². The van der Waals surface area contributed by atoms with Crippen molar-refractivity contribution in [3.8, 4) is 0 Å². The number of aliphatic imine (C=N–C) groups is 1. The van der Waals surface area contributed by atoms with E-state index < -0.39 is 0 Å². The number of hydrogen-bond donors (Lipinski definition) is 2. The molecule has 1 unspecified atom stereocenters. The van der Waals surface area contributed by atoms with Gasteiger partial charge in [0.25, 0.3) is 0 Å². The Morgan fingerprint density at radius 1 is 1.29 bits per heavy atom. The normalized spacial score (nSPS) is 17.0. The van der Waals surface area contributed by atoms with E-state index in [1.54, 1.807) is 0 Å². The second kappa shape index (κ2) is 8.00. The zero-order valence-electron chi connectivity index (χ0n) is 16.8. The molecule has 0 aliphatic heterocycles. The molecule has 1 aliphatic carbocycles. The van der Waals surface area contributed by atoms with E-state index in [-0.39, 0.29) is 0 Å². The van der Waals surface area contributed by atoms with Crippen LogP contribution in [0.4, 0.5) is 0 Å². The van der Waals surface area contributed by atoms with Crippen LogP contribution in [0.5, 0.6) is 0 Å². The Bertz CT molecular complexity index is 982. The Labute approximate surface area is 166 Å². The molecule has 3 aromatic rings. The zero-order valence-corrected chi connectivity index (χ0v) is 16.8. The van der Waals surface area contributed by atoms with E-state index in [0.717, 1.165) is 30.9 Å². The first-order valence-corrected chi connectivity index (χ1v) is 10.0.